The Morgan fingerprint density at radius 3 is 1.28 bits per heavy atom. The molecule has 0 fully saturated rings. The highest BCUT2D eigenvalue weighted by molar-refractivity contribution is 4.65. The van der Waals surface area contributed by atoms with Crippen LogP contribution in [0.15, 0.2) is 12.7 Å². The Balaban J connectivity index is 0. The Morgan fingerprint density at radius 2 is 0.944 bits per heavy atom. The van der Waals surface area contributed by atoms with Crippen LogP contribution in [-0.2, 0) is 0 Å². The fourth-order valence-electron chi connectivity index (χ4n) is 2.31. The molecule has 110 valence electrons. The fraction of sp³-hybridized carbons (Fsp3) is 0.882. The zero-order chi connectivity index (χ0) is 12.6. The molecule has 0 saturated heterocycles. The van der Waals surface area contributed by atoms with E-state index in [0.29, 0.717) is 0 Å². The van der Waals surface area contributed by atoms with Crippen molar-refractivity contribution in [2.24, 2.45) is 0 Å². The predicted octanol–water partition coefficient (Wildman–Crippen LogP) is 6.82. The summed E-state index contributed by atoms with van der Waals surface area (Å²) in [5.41, 5.74) is 0. The highest BCUT2D eigenvalue weighted by Gasteiger charge is 1.93. The van der Waals surface area contributed by atoms with Gasteiger partial charge in [0.1, 0.15) is 0 Å². The summed E-state index contributed by atoms with van der Waals surface area (Å²) < 4.78 is 0. The topological polar surface area (TPSA) is 35.0 Å². The van der Waals surface area contributed by atoms with Gasteiger partial charge in [0.05, 0.1) is 0 Å². The van der Waals surface area contributed by atoms with Gasteiger partial charge in [0.25, 0.3) is 0 Å². The largest absolute Gasteiger partial charge is 0.344 e. The molecule has 0 bridgehead atoms. The van der Waals surface area contributed by atoms with Gasteiger partial charge in [-0.25, -0.2) is 0 Å². The molecule has 3 N–H and O–H groups in total. The first-order valence-corrected chi connectivity index (χ1v) is 8.02. The summed E-state index contributed by atoms with van der Waals surface area (Å²) in [6.07, 6.45) is 22.0. The van der Waals surface area contributed by atoms with Crippen LogP contribution >= 0.6 is 0 Å². The van der Waals surface area contributed by atoms with Gasteiger partial charge in [0.2, 0.25) is 0 Å². The summed E-state index contributed by atoms with van der Waals surface area (Å²) in [6, 6.07) is 0. The van der Waals surface area contributed by atoms with Gasteiger partial charge in [-0.2, -0.15) is 0 Å². The molecule has 0 rings (SSSR count). The molecule has 0 aromatic rings. The Kier molecular flexibility index (Phi) is 21.2. The van der Waals surface area contributed by atoms with E-state index in [1.54, 1.807) is 0 Å². The third kappa shape index (κ3) is 18.1. The van der Waals surface area contributed by atoms with Crippen LogP contribution in [0.2, 0.25) is 0 Å². The summed E-state index contributed by atoms with van der Waals surface area (Å²) in [5, 5.41) is 0. The molecular weight excluding hydrogens is 218 g/mol. The lowest BCUT2D eigenvalue weighted by Crippen LogP contribution is -1.82. The molecule has 1 heteroatoms. The van der Waals surface area contributed by atoms with Gasteiger partial charge in [0, 0.05) is 0 Å². The second kappa shape index (κ2) is 19.0. The maximum Gasteiger partial charge on any atom is -0.0353 e. The van der Waals surface area contributed by atoms with Crippen LogP contribution in [0.3, 0.4) is 0 Å². The Bertz CT molecular complexity index is 143. The molecular formula is C17H37N. The van der Waals surface area contributed by atoms with Crippen molar-refractivity contribution in [1.29, 1.82) is 0 Å². The van der Waals surface area contributed by atoms with Crippen molar-refractivity contribution in [3.05, 3.63) is 12.7 Å². The van der Waals surface area contributed by atoms with Crippen molar-refractivity contribution in [3.63, 3.8) is 0 Å². The molecule has 0 heterocycles. The number of allylic oxidation sites excluding steroid dienone is 1. The molecule has 1 nitrogen and oxygen atoms in total. The van der Waals surface area contributed by atoms with Crippen molar-refractivity contribution in [2.45, 2.75) is 96.8 Å². The minimum Gasteiger partial charge on any atom is -0.344 e. The van der Waals surface area contributed by atoms with Crippen LogP contribution in [0.1, 0.15) is 96.8 Å². The van der Waals surface area contributed by atoms with Crippen LogP contribution < -0.4 is 6.15 Å². The Morgan fingerprint density at radius 1 is 0.611 bits per heavy atom. The lowest BCUT2D eigenvalue weighted by molar-refractivity contribution is 0.540. The van der Waals surface area contributed by atoms with Crippen molar-refractivity contribution in [1.82, 2.24) is 6.15 Å². The molecule has 18 heavy (non-hydrogen) atoms. The molecule has 0 aromatic heterocycles. The molecule has 0 aliphatic carbocycles. The van der Waals surface area contributed by atoms with Crippen LogP contribution in [0, 0.1) is 0 Å². The number of unbranched alkanes of at least 4 members (excludes halogenated alkanes) is 13. The van der Waals surface area contributed by atoms with Gasteiger partial charge in [-0.1, -0.05) is 90.0 Å². The first kappa shape index (κ1) is 20.0. The zero-order valence-corrected chi connectivity index (χ0v) is 12.9. The van der Waals surface area contributed by atoms with Crippen LogP contribution in [0.25, 0.3) is 0 Å². The summed E-state index contributed by atoms with van der Waals surface area (Å²) in [6.45, 7) is 6.04. The van der Waals surface area contributed by atoms with Gasteiger partial charge in [-0.05, 0) is 12.8 Å². The molecule has 0 amide bonds. The number of hydrogen-bond acceptors (Lipinski definition) is 1. The number of hydrogen-bond donors (Lipinski definition) is 1. The van der Waals surface area contributed by atoms with E-state index in [0.717, 1.165) is 0 Å². The van der Waals surface area contributed by atoms with Crippen molar-refractivity contribution >= 4 is 0 Å². The van der Waals surface area contributed by atoms with Gasteiger partial charge in [0.15, 0.2) is 0 Å². The fourth-order valence-corrected chi connectivity index (χ4v) is 2.31. The lowest BCUT2D eigenvalue weighted by Gasteiger charge is -2.02. The first-order chi connectivity index (χ1) is 8.41. The summed E-state index contributed by atoms with van der Waals surface area (Å²) >= 11 is 0. The molecule has 0 spiro atoms. The highest BCUT2D eigenvalue weighted by atomic mass is 14.0. The third-order valence-electron chi connectivity index (χ3n) is 3.51. The standard InChI is InChI=1S/C17H34.H3N/c1-3-5-7-9-11-13-15-17-16-14-12-10-8-6-4-2;/h3H,1,4-17H2,2H3;1H3. The van der Waals surface area contributed by atoms with Crippen LogP contribution in [0.4, 0.5) is 0 Å². The second-order valence-electron chi connectivity index (χ2n) is 5.32. The van der Waals surface area contributed by atoms with Crippen LogP contribution in [0.5, 0.6) is 0 Å². The smallest absolute Gasteiger partial charge is 0.0353 e. The van der Waals surface area contributed by atoms with Gasteiger partial charge >= 0.3 is 0 Å². The van der Waals surface area contributed by atoms with E-state index in [9.17, 15) is 0 Å². The van der Waals surface area contributed by atoms with Gasteiger partial charge in [-0.15, -0.1) is 6.58 Å². The average Bonchev–Trinajstić information content (AvgIpc) is 2.35. The lowest BCUT2D eigenvalue weighted by atomic mass is 10.0. The van der Waals surface area contributed by atoms with E-state index >= 15 is 0 Å². The van der Waals surface area contributed by atoms with Crippen LogP contribution in [-0.4, -0.2) is 0 Å². The van der Waals surface area contributed by atoms with E-state index < -0.39 is 0 Å². The second-order valence-corrected chi connectivity index (χ2v) is 5.32. The molecule has 0 radical (unpaired) electrons. The quantitative estimate of drug-likeness (QED) is 0.268. The number of rotatable bonds is 14. The maximum atomic E-state index is 3.75. The van der Waals surface area contributed by atoms with E-state index in [4.69, 9.17) is 0 Å². The van der Waals surface area contributed by atoms with Gasteiger partial charge in [-0.3, -0.25) is 0 Å². The van der Waals surface area contributed by atoms with Gasteiger partial charge < -0.3 is 6.15 Å². The predicted molar refractivity (Wildman–Crippen MR) is 85.5 cm³/mol. The SMILES string of the molecule is C=CCCCCCCCCCCCCCCC.N. The summed E-state index contributed by atoms with van der Waals surface area (Å²) in [4.78, 5) is 0. The Labute approximate surface area is 116 Å². The Hall–Kier alpha value is -0.300. The molecule has 0 unspecified atom stereocenters. The third-order valence-corrected chi connectivity index (χ3v) is 3.51. The van der Waals surface area contributed by atoms with E-state index in [2.05, 4.69) is 13.5 Å². The summed E-state index contributed by atoms with van der Waals surface area (Å²) in [7, 11) is 0. The minimum absolute atomic E-state index is 0. The molecule has 0 aromatic carbocycles. The van der Waals surface area contributed by atoms with E-state index in [1.807, 2.05) is 6.08 Å². The monoisotopic (exact) mass is 255 g/mol. The van der Waals surface area contributed by atoms with Crippen molar-refractivity contribution in [3.8, 4) is 0 Å². The van der Waals surface area contributed by atoms with E-state index in [1.165, 1.54) is 89.9 Å². The minimum atomic E-state index is 0. The molecule has 0 aliphatic heterocycles. The maximum absolute atomic E-state index is 3.75. The molecule has 0 atom stereocenters. The molecule has 0 saturated carbocycles. The average molecular weight is 255 g/mol. The molecule has 0 aliphatic rings. The van der Waals surface area contributed by atoms with Crippen molar-refractivity contribution in [2.75, 3.05) is 0 Å². The normalized spacial score (nSPS) is 10.1. The van der Waals surface area contributed by atoms with E-state index in [-0.39, 0.29) is 6.15 Å². The zero-order valence-electron chi connectivity index (χ0n) is 12.9. The first-order valence-electron chi connectivity index (χ1n) is 8.02. The van der Waals surface area contributed by atoms with Crippen molar-refractivity contribution < 1.29 is 0 Å². The highest BCUT2D eigenvalue weighted by Crippen LogP contribution is 2.12. The summed E-state index contributed by atoms with van der Waals surface area (Å²) in [5.74, 6) is 0.